The largest absolute Gasteiger partial charge is 0.461 e. The molecule has 0 bridgehead atoms. The third-order valence-electron chi connectivity index (χ3n) is 9.28. The molecule has 3 atom stereocenters. The Balaban J connectivity index is 1.34. The number of rotatable bonds is 8. The molecule has 236 valence electrons. The average molecular weight is 622 g/mol. The smallest absolute Gasteiger partial charge is 0.410 e. The van der Waals surface area contributed by atoms with Crippen LogP contribution in [-0.4, -0.2) is 101 Å². The van der Waals surface area contributed by atoms with Gasteiger partial charge in [-0.05, 0) is 71.6 Å². The fourth-order valence-corrected chi connectivity index (χ4v) is 7.00. The highest BCUT2D eigenvalue weighted by atomic mass is 35.5. The maximum absolute atomic E-state index is 15.4. The molecule has 1 saturated carbocycles. The van der Waals surface area contributed by atoms with Gasteiger partial charge in [-0.1, -0.05) is 18.5 Å². The predicted molar refractivity (Wildman–Crippen MR) is 160 cm³/mol. The number of halogens is 3. The van der Waals surface area contributed by atoms with Crippen LogP contribution in [0.15, 0.2) is 12.1 Å². The van der Waals surface area contributed by atoms with Gasteiger partial charge in [0.2, 0.25) is 0 Å². The Morgan fingerprint density at radius 1 is 1.16 bits per heavy atom. The van der Waals surface area contributed by atoms with Crippen LogP contribution in [-0.2, 0) is 9.47 Å². The monoisotopic (exact) mass is 621 g/mol. The van der Waals surface area contributed by atoms with Crippen LogP contribution in [0.2, 0.25) is 5.02 Å². The molecule has 4 heterocycles. The van der Waals surface area contributed by atoms with Gasteiger partial charge in [-0.15, -0.1) is 0 Å². The number of ether oxygens (including phenoxy) is 3. The normalized spacial score (nSPS) is 28.0. The van der Waals surface area contributed by atoms with Crippen LogP contribution in [0.5, 0.6) is 6.01 Å². The summed E-state index contributed by atoms with van der Waals surface area (Å²) in [7, 11) is 0. The molecule has 1 amide bonds. The molecule has 0 spiro atoms. The molecule has 1 aromatic heterocycles. The van der Waals surface area contributed by atoms with E-state index < -0.39 is 28.7 Å². The van der Waals surface area contributed by atoms with E-state index in [1.165, 1.54) is 6.07 Å². The number of amides is 1. The van der Waals surface area contributed by atoms with E-state index in [2.05, 4.69) is 14.8 Å². The second kappa shape index (κ2) is 11.5. The zero-order valence-electron chi connectivity index (χ0n) is 25.5. The molecule has 3 aliphatic heterocycles. The van der Waals surface area contributed by atoms with Crippen LogP contribution in [0, 0.1) is 5.82 Å². The van der Waals surface area contributed by atoms with E-state index in [0.29, 0.717) is 56.8 Å². The van der Waals surface area contributed by atoms with Gasteiger partial charge >= 0.3 is 12.1 Å². The van der Waals surface area contributed by atoms with Crippen molar-refractivity contribution in [1.29, 1.82) is 0 Å². The summed E-state index contributed by atoms with van der Waals surface area (Å²) in [6, 6.07) is 3.25. The molecule has 9 nitrogen and oxygen atoms in total. The van der Waals surface area contributed by atoms with Crippen LogP contribution in [0.4, 0.5) is 19.4 Å². The number of alkyl halides is 1. The Labute approximate surface area is 256 Å². The quantitative estimate of drug-likeness (QED) is 0.368. The fourth-order valence-electron chi connectivity index (χ4n) is 6.85. The van der Waals surface area contributed by atoms with Gasteiger partial charge in [0, 0.05) is 38.0 Å². The molecule has 1 unspecified atom stereocenters. The van der Waals surface area contributed by atoms with Gasteiger partial charge in [0.05, 0.1) is 28.8 Å². The predicted octanol–water partition coefficient (Wildman–Crippen LogP) is 5.76. The Morgan fingerprint density at radius 2 is 1.95 bits per heavy atom. The molecule has 3 saturated heterocycles. The Kier molecular flexibility index (Phi) is 8.13. The number of aromatic nitrogens is 2. The lowest BCUT2D eigenvalue weighted by atomic mass is 9.91. The van der Waals surface area contributed by atoms with Crippen molar-refractivity contribution in [3.05, 3.63) is 23.0 Å². The van der Waals surface area contributed by atoms with Gasteiger partial charge in [0.15, 0.2) is 5.82 Å². The first-order valence-electron chi connectivity index (χ1n) is 15.5. The Hall–Kier alpha value is -2.50. The summed E-state index contributed by atoms with van der Waals surface area (Å²) in [5, 5.41) is 0.452. The summed E-state index contributed by atoms with van der Waals surface area (Å²) in [6.45, 7) is 10.6. The van der Waals surface area contributed by atoms with E-state index in [9.17, 15) is 9.18 Å². The molecule has 4 fully saturated rings. The minimum Gasteiger partial charge on any atom is -0.461 e. The number of anilines is 1. The highest BCUT2D eigenvalue weighted by molar-refractivity contribution is 6.31. The molecule has 6 rings (SSSR count). The topological polar surface area (TPSA) is 80.3 Å². The molecule has 2 aromatic rings. The fraction of sp³-hybridized carbons (Fsp3) is 0.710. The summed E-state index contributed by atoms with van der Waals surface area (Å²) >= 11 is 6.19. The van der Waals surface area contributed by atoms with E-state index in [0.717, 1.165) is 32.2 Å². The summed E-state index contributed by atoms with van der Waals surface area (Å²) < 4.78 is 48.0. The van der Waals surface area contributed by atoms with E-state index in [1.807, 2.05) is 27.7 Å². The zero-order chi connectivity index (χ0) is 30.6. The van der Waals surface area contributed by atoms with Crippen LogP contribution in [0.3, 0.4) is 0 Å². The zero-order valence-corrected chi connectivity index (χ0v) is 26.3. The second-order valence-electron chi connectivity index (χ2n) is 13.6. The van der Waals surface area contributed by atoms with Crippen molar-refractivity contribution in [3.8, 4) is 6.01 Å². The molecule has 43 heavy (non-hydrogen) atoms. The maximum Gasteiger partial charge on any atom is 0.410 e. The number of carbonyl (C=O) groups is 1. The lowest BCUT2D eigenvalue weighted by Crippen LogP contribution is -2.66. The summed E-state index contributed by atoms with van der Waals surface area (Å²) in [4.78, 5) is 28.7. The van der Waals surface area contributed by atoms with Gasteiger partial charge in [0.1, 0.15) is 29.7 Å². The number of piperazine rings is 1. The van der Waals surface area contributed by atoms with Crippen LogP contribution >= 0.6 is 11.6 Å². The van der Waals surface area contributed by atoms with Crippen molar-refractivity contribution in [1.82, 2.24) is 19.8 Å². The van der Waals surface area contributed by atoms with Gasteiger partial charge < -0.3 is 19.1 Å². The number of benzene rings is 1. The van der Waals surface area contributed by atoms with E-state index >= 15 is 4.39 Å². The van der Waals surface area contributed by atoms with Gasteiger partial charge in [0.25, 0.3) is 0 Å². The number of hydrogen-bond donors (Lipinski definition) is 0. The average Bonchev–Trinajstić information content (AvgIpc) is 3.64. The molecule has 1 aliphatic carbocycles. The van der Waals surface area contributed by atoms with Crippen molar-refractivity contribution in [2.24, 2.45) is 0 Å². The second-order valence-corrected chi connectivity index (χ2v) is 14.0. The molecule has 0 N–H and O–H groups in total. The summed E-state index contributed by atoms with van der Waals surface area (Å²) in [5.41, 5.74) is -1.68. The number of hydrogen-bond acceptors (Lipinski definition) is 8. The number of nitrogens with zero attached hydrogens (tertiary/aromatic N) is 5. The van der Waals surface area contributed by atoms with Crippen molar-refractivity contribution in [3.63, 3.8) is 0 Å². The third-order valence-corrected chi connectivity index (χ3v) is 9.58. The van der Waals surface area contributed by atoms with Crippen LogP contribution in [0.1, 0.15) is 66.2 Å². The Bertz CT molecular complexity index is 1370. The maximum atomic E-state index is 15.4. The first kappa shape index (κ1) is 30.5. The van der Waals surface area contributed by atoms with Gasteiger partial charge in [-0.25, -0.2) is 13.6 Å². The van der Waals surface area contributed by atoms with Crippen molar-refractivity contribution in [2.75, 3.05) is 50.8 Å². The lowest BCUT2D eigenvalue weighted by molar-refractivity contribution is -0.0431. The first-order valence-corrected chi connectivity index (χ1v) is 15.8. The molecule has 12 heteroatoms. The Morgan fingerprint density at radius 3 is 2.67 bits per heavy atom. The SMILES string of the molecule is CC[C@]1(COC2CC2)CN(c2nc(OCC34CCCN3C[C@H](F)C4)nc3c(F)c(Cl)ccc23)CCN1C(=O)OC(C)(C)C. The standard InChI is InChI=1S/C31H42ClF2N5O4/c1-5-30(18-41-21-7-8-21)17-37(13-14-39(30)28(40)43-29(2,3)4)26-22-9-10-23(32)24(34)25(22)35-27(36-26)42-19-31-11-6-12-38(31)16-20(33)15-31/h9-10,20-21H,5-8,11-19H2,1-4H3/t20-,30-,31?/m1/s1. The molecule has 4 aliphatic rings. The van der Waals surface area contributed by atoms with Crippen LogP contribution in [0.25, 0.3) is 10.9 Å². The van der Waals surface area contributed by atoms with E-state index in [-0.39, 0.29) is 35.4 Å². The van der Waals surface area contributed by atoms with Crippen molar-refractivity contribution < 1.29 is 27.8 Å². The van der Waals surface area contributed by atoms with Crippen molar-refractivity contribution >= 4 is 34.4 Å². The summed E-state index contributed by atoms with van der Waals surface area (Å²) in [6.07, 6.45) is 3.77. The highest BCUT2D eigenvalue weighted by Crippen LogP contribution is 2.41. The number of carbonyl (C=O) groups excluding carboxylic acids is 1. The molecule has 1 aromatic carbocycles. The molecular weight excluding hydrogens is 580 g/mol. The van der Waals surface area contributed by atoms with E-state index in [1.54, 1.807) is 11.0 Å². The molecule has 0 radical (unpaired) electrons. The lowest BCUT2D eigenvalue weighted by Gasteiger charge is -2.50. The van der Waals surface area contributed by atoms with Crippen LogP contribution < -0.4 is 9.64 Å². The van der Waals surface area contributed by atoms with Gasteiger partial charge in [-0.3, -0.25) is 9.80 Å². The number of fused-ring (bicyclic) bond motifs is 2. The minimum absolute atomic E-state index is 0.0260. The van der Waals surface area contributed by atoms with Crippen molar-refractivity contribution in [2.45, 2.75) is 95.2 Å². The summed E-state index contributed by atoms with van der Waals surface area (Å²) in [5.74, 6) is -0.150. The third kappa shape index (κ3) is 6.09. The van der Waals surface area contributed by atoms with Gasteiger partial charge in [-0.2, -0.15) is 9.97 Å². The minimum atomic E-state index is -0.894. The first-order chi connectivity index (χ1) is 20.4. The highest BCUT2D eigenvalue weighted by Gasteiger charge is 2.50. The molecular formula is C31H42ClF2N5O4. The van der Waals surface area contributed by atoms with E-state index in [4.69, 9.17) is 30.8 Å².